The van der Waals surface area contributed by atoms with Crippen LogP contribution in [0.2, 0.25) is 0 Å². The first kappa shape index (κ1) is 19.6. The van der Waals surface area contributed by atoms with E-state index in [0.717, 1.165) is 25.1 Å². The molecule has 26 heavy (non-hydrogen) atoms. The first-order chi connectivity index (χ1) is 12.1. The fourth-order valence-corrected chi connectivity index (χ4v) is 5.20. The van der Waals surface area contributed by atoms with Crippen molar-refractivity contribution >= 4 is 10.0 Å². The molecule has 3 rings (SSSR count). The topological polar surface area (TPSA) is 67.9 Å². The van der Waals surface area contributed by atoms with Gasteiger partial charge in [0.15, 0.2) is 0 Å². The average Bonchev–Trinajstić information content (AvgIpc) is 2.93. The third-order valence-electron chi connectivity index (χ3n) is 5.23. The van der Waals surface area contributed by atoms with Crippen molar-refractivity contribution in [2.45, 2.75) is 62.6 Å². The Hall–Kier alpha value is -1.15. The number of fused-ring (bicyclic) bond motifs is 1. The number of hydrogen-bond acceptors (Lipinski definition) is 5. The Bertz CT molecular complexity index is 757. The van der Waals surface area contributed by atoms with E-state index in [0.29, 0.717) is 18.4 Å². The summed E-state index contributed by atoms with van der Waals surface area (Å²) in [6, 6.07) is 5.58. The van der Waals surface area contributed by atoms with Crippen molar-refractivity contribution in [1.29, 1.82) is 0 Å². The lowest BCUT2D eigenvalue weighted by atomic mass is 9.87. The van der Waals surface area contributed by atoms with Crippen LogP contribution in [-0.4, -0.2) is 58.3 Å². The number of nitrogens with zero attached hydrogens (tertiary/aromatic N) is 1. The molecule has 3 atom stereocenters. The second-order valence-corrected chi connectivity index (χ2v) is 10.1. The van der Waals surface area contributed by atoms with Crippen LogP contribution in [0.3, 0.4) is 0 Å². The van der Waals surface area contributed by atoms with Crippen molar-refractivity contribution in [2.24, 2.45) is 0 Å². The highest BCUT2D eigenvalue weighted by molar-refractivity contribution is 7.89. The van der Waals surface area contributed by atoms with E-state index in [1.165, 1.54) is 7.11 Å². The molecule has 2 saturated heterocycles. The van der Waals surface area contributed by atoms with Crippen LogP contribution in [0.4, 0.5) is 0 Å². The fraction of sp³-hybridized carbons (Fsp3) is 0.684. The minimum atomic E-state index is -3.67. The molecule has 0 bridgehead atoms. The van der Waals surface area contributed by atoms with Crippen molar-refractivity contribution < 1.29 is 17.9 Å². The van der Waals surface area contributed by atoms with E-state index in [2.05, 4.69) is 37.3 Å². The van der Waals surface area contributed by atoms with Crippen LogP contribution in [0.15, 0.2) is 23.1 Å². The molecule has 7 heteroatoms. The van der Waals surface area contributed by atoms with Gasteiger partial charge in [0.2, 0.25) is 10.0 Å². The zero-order chi connectivity index (χ0) is 19.1. The number of benzene rings is 1. The van der Waals surface area contributed by atoms with Crippen LogP contribution in [-0.2, 0) is 20.2 Å². The number of rotatable bonds is 4. The van der Waals surface area contributed by atoms with Gasteiger partial charge in [0.05, 0.1) is 19.8 Å². The molecule has 1 N–H and O–H groups in total. The van der Waals surface area contributed by atoms with Crippen LogP contribution in [0.1, 0.15) is 39.7 Å². The van der Waals surface area contributed by atoms with Gasteiger partial charge < -0.3 is 9.47 Å². The van der Waals surface area contributed by atoms with Gasteiger partial charge in [-0.2, -0.15) is 0 Å². The van der Waals surface area contributed by atoms with Crippen LogP contribution < -0.4 is 9.46 Å². The lowest BCUT2D eigenvalue weighted by Crippen LogP contribution is -2.45. The molecule has 0 radical (unpaired) electrons. The Kier molecular flexibility index (Phi) is 5.36. The zero-order valence-corrected chi connectivity index (χ0v) is 17.1. The minimum absolute atomic E-state index is 0.109. The average molecular weight is 383 g/mol. The van der Waals surface area contributed by atoms with Gasteiger partial charge in [0.25, 0.3) is 0 Å². The SMILES string of the molecule is COc1ccc(C(C)(C)C)cc1S(=O)(=O)N[C@@H]1C[C@H]2CO[C@@H](C)CN2C1. The summed E-state index contributed by atoms with van der Waals surface area (Å²) in [7, 11) is -2.17. The van der Waals surface area contributed by atoms with Crippen LogP contribution in [0.5, 0.6) is 5.75 Å². The molecule has 6 nitrogen and oxygen atoms in total. The van der Waals surface area contributed by atoms with Gasteiger partial charge in [-0.05, 0) is 36.5 Å². The highest BCUT2D eigenvalue weighted by Crippen LogP contribution is 2.32. The summed E-state index contributed by atoms with van der Waals surface area (Å²) in [4.78, 5) is 2.53. The largest absolute Gasteiger partial charge is 0.495 e. The van der Waals surface area contributed by atoms with Crippen molar-refractivity contribution in [2.75, 3.05) is 26.8 Å². The molecule has 0 spiro atoms. The zero-order valence-electron chi connectivity index (χ0n) is 16.3. The molecule has 0 saturated carbocycles. The van der Waals surface area contributed by atoms with E-state index < -0.39 is 10.0 Å². The molecule has 2 fully saturated rings. The monoisotopic (exact) mass is 382 g/mol. The van der Waals surface area contributed by atoms with Crippen LogP contribution in [0, 0.1) is 0 Å². The molecule has 2 heterocycles. The Morgan fingerprint density at radius 1 is 1.27 bits per heavy atom. The fourth-order valence-electron chi connectivity index (χ4n) is 3.76. The highest BCUT2D eigenvalue weighted by Gasteiger charge is 2.38. The Balaban J connectivity index is 1.82. The number of morpholine rings is 1. The molecular formula is C19H30N2O4S. The second-order valence-electron chi connectivity index (χ2n) is 8.42. The van der Waals surface area contributed by atoms with E-state index in [-0.39, 0.29) is 22.5 Å². The van der Waals surface area contributed by atoms with E-state index in [1.807, 2.05) is 6.07 Å². The molecule has 2 aliphatic heterocycles. The molecule has 2 aliphatic rings. The quantitative estimate of drug-likeness (QED) is 0.864. The predicted molar refractivity (Wildman–Crippen MR) is 101 cm³/mol. The summed E-state index contributed by atoms with van der Waals surface area (Å²) in [5, 5.41) is 0. The smallest absolute Gasteiger partial charge is 0.244 e. The van der Waals surface area contributed by atoms with E-state index in [9.17, 15) is 8.42 Å². The number of methoxy groups -OCH3 is 1. The summed E-state index contributed by atoms with van der Waals surface area (Å²) < 4.78 is 40.1. The summed E-state index contributed by atoms with van der Waals surface area (Å²) in [6.07, 6.45) is 0.970. The van der Waals surface area contributed by atoms with E-state index in [4.69, 9.17) is 9.47 Å². The maximum absolute atomic E-state index is 13.1. The molecule has 0 amide bonds. The van der Waals surface area contributed by atoms with Crippen LogP contribution in [0.25, 0.3) is 0 Å². The van der Waals surface area contributed by atoms with Gasteiger partial charge in [0, 0.05) is 25.2 Å². The molecular weight excluding hydrogens is 352 g/mol. The summed E-state index contributed by atoms with van der Waals surface area (Å²) in [5.74, 6) is 0.373. The third-order valence-corrected chi connectivity index (χ3v) is 6.78. The van der Waals surface area contributed by atoms with Crippen molar-refractivity contribution in [3.63, 3.8) is 0 Å². The number of sulfonamides is 1. The van der Waals surface area contributed by atoms with Gasteiger partial charge in [-0.3, -0.25) is 4.90 Å². The predicted octanol–water partition coefficient (Wildman–Crippen LogP) is 2.13. The number of nitrogens with one attached hydrogen (secondary N) is 1. The van der Waals surface area contributed by atoms with Gasteiger partial charge in [-0.15, -0.1) is 0 Å². The normalized spacial score (nSPS) is 27.3. The van der Waals surface area contributed by atoms with E-state index in [1.54, 1.807) is 12.1 Å². The first-order valence-electron chi connectivity index (χ1n) is 9.16. The standard InChI is InChI=1S/C19H30N2O4S/c1-13-10-21-11-15(9-16(21)12-25-13)20-26(22,23)18-8-14(19(2,3)4)6-7-17(18)24-5/h6-8,13,15-16,20H,9-12H2,1-5H3/t13-,15+,16-/m0/s1. The maximum atomic E-state index is 13.1. The summed E-state index contributed by atoms with van der Waals surface area (Å²) >= 11 is 0. The lowest BCUT2D eigenvalue weighted by molar-refractivity contribution is -0.0390. The Morgan fingerprint density at radius 2 is 2.00 bits per heavy atom. The van der Waals surface area contributed by atoms with Gasteiger partial charge in [-0.25, -0.2) is 13.1 Å². The first-order valence-corrected chi connectivity index (χ1v) is 10.6. The van der Waals surface area contributed by atoms with Crippen LogP contribution >= 0.6 is 0 Å². The lowest BCUT2D eigenvalue weighted by Gasteiger charge is -2.33. The Morgan fingerprint density at radius 3 is 2.65 bits per heavy atom. The molecule has 1 aromatic rings. The van der Waals surface area contributed by atoms with Crippen molar-refractivity contribution in [1.82, 2.24) is 9.62 Å². The highest BCUT2D eigenvalue weighted by atomic mass is 32.2. The van der Waals surface area contributed by atoms with Crippen molar-refractivity contribution in [3.8, 4) is 5.75 Å². The molecule has 0 aromatic heterocycles. The molecule has 1 aromatic carbocycles. The van der Waals surface area contributed by atoms with Gasteiger partial charge in [0.1, 0.15) is 10.6 Å². The van der Waals surface area contributed by atoms with Crippen molar-refractivity contribution in [3.05, 3.63) is 23.8 Å². The molecule has 0 unspecified atom stereocenters. The maximum Gasteiger partial charge on any atom is 0.244 e. The molecule has 0 aliphatic carbocycles. The summed E-state index contributed by atoms with van der Waals surface area (Å²) in [6.45, 7) is 10.5. The number of ether oxygens (including phenoxy) is 2. The number of hydrogen-bond donors (Lipinski definition) is 1. The van der Waals surface area contributed by atoms with Gasteiger partial charge in [-0.1, -0.05) is 26.8 Å². The summed E-state index contributed by atoms with van der Waals surface area (Å²) in [5.41, 5.74) is 0.822. The second kappa shape index (κ2) is 7.11. The Labute approximate surface area is 156 Å². The molecule has 146 valence electrons. The van der Waals surface area contributed by atoms with E-state index >= 15 is 0 Å². The third kappa shape index (κ3) is 4.06. The van der Waals surface area contributed by atoms with Gasteiger partial charge >= 0.3 is 0 Å². The minimum Gasteiger partial charge on any atom is -0.495 e.